The van der Waals surface area contributed by atoms with Crippen LogP contribution in [0.25, 0.3) is 0 Å². The van der Waals surface area contributed by atoms with E-state index in [-0.39, 0.29) is 11.7 Å². The van der Waals surface area contributed by atoms with E-state index >= 15 is 0 Å². The molecule has 0 spiro atoms. The Balaban J connectivity index is 1.86. The van der Waals surface area contributed by atoms with Gasteiger partial charge in [0.15, 0.2) is 5.84 Å². The van der Waals surface area contributed by atoms with E-state index in [1.807, 2.05) is 0 Å². The highest BCUT2D eigenvalue weighted by Crippen LogP contribution is 2.44. The largest absolute Gasteiger partial charge is 0.409 e. The second-order valence-electron chi connectivity index (χ2n) is 6.67. The van der Waals surface area contributed by atoms with E-state index in [9.17, 15) is 4.79 Å². The lowest BCUT2D eigenvalue weighted by Crippen LogP contribution is -2.55. The number of fused-ring (bicyclic) bond motifs is 1. The van der Waals surface area contributed by atoms with Crippen LogP contribution in [0.5, 0.6) is 0 Å². The number of carbonyl (C=O) groups excluding carboxylic acids is 1. The van der Waals surface area contributed by atoms with Gasteiger partial charge in [0.25, 0.3) is 0 Å². The fourth-order valence-electron chi connectivity index (χ4n) is 4.63. The van der Waals surface area contributed by atoms with Gasteiger partial charge in [-0.2, -0.15) is 0 Å². The van der Waals surface area contributed by atoms with Gasteiger partial charge in [0.1, 0.15) is 5.41 Å². The van der Waals surface area contributed by atoms with E-state index in [1.165, 1.54) is 19.3 Å². The quantitative estimate of drug-likeness (QED) is 0.351. The standard InChI is InChI=1S/C15H25N3O2/c16-13(17-20)15(8-1-2-9-15)14(19)18-10-4-6-11-5-3-7-12(11)18/h11-12,20H,1-10H2,(H2,16,17). The molecule has 5 heteroatoms. The zero-order valence-electron chi connectivity index (χ0n) is 12.1. The fraction of sp³-hybridized carbons (Fsp3) is 0.867. The number of amides is 1. The molecule has 1 saturated heterocycles. The second kappa shape index (κ2) is 5.26. The molecule has 1 heterocycles. The molecule has 0 aromatic rings. The zero-order chi connectivity index (χ0) is 14.2. The van der Waals surface area contributed by atoms with E-state index < -0.39 is 5.41 Å². The molecule has 112 valence electrons. The molecule has 3 rings (SSSR count). The van der Waals surface area contributed by atoms with Crippen LogP contribution in [0.4, 0.5) is 0 Å². The Morgan fingerprint density at radius 3 is 2.55 bits per heavy atom. The summed E-state index contributed by atoms with van der Waals surface area (Å²) in [5.74, 6) is 0.931. The lowest BCUT2D eigenvalue weighted by molar-refractivity contribution is -0.143. The molecule has 0 bridgehead atoms. The zero-order valence-corrected chi connectivity index (χ0v) is 12.1. The van der Waals surface area contributed by atoms with Crippen molar-refractivity contribution in [2.75, 3.05) is 6.54 Å². The Kier molecular flexibility index (Phi) is 3.61. The lowest BCUT2D eigenvalue weighted by Gasteiger charge is -2.42. The molecule has 1 amide bonds. The van der Waals surface area contributed by atoms with E-state index in [0.717, 1.165) is 45.1 Å². The first-order chi connectivity index (χ1) is 9.69. The average molecular weight is 279 g/mol. The monoisotopic (exact) mass is 279 g/mol. The number of nitrogens with two attached hydrogens (primary N) is 1. The Hall–Kier alpha value is -1.26. The van der Waals surface area contributed by atoms with Crippen LogP contribution in [-0.4, -0.2) is 34.4 Å². The molecule has 2 saturated carbocycles. The van der Waals surface area contributed by atoms with Gasteiger partial charge in [-0.1, -0.05) is 24.4 Å². The predicted molar refractivity (Wildman–Crippen MR) is 76.4 cm³/mol. The summed E-state index contributed by atoms with van der Waals surface area (Å²) in [7, 11) is 0. The minimum atomic E-state index is -0.723. The molecule has 0 aromatic heterocycles. The third-order valence-electron chi connectivity index (χ3n) is 5.72. The van der Waals surface area contributed by atoms with Gasteiger partial charge < -0.3 is 15.8 Å². The number of amidine groups is 1. The molecule has 1 aliphatic heterocycles. The number of hydrogen-bond donors (Lipinski definition) is 2. The van der Waals surface area contributed by atoms with Crippen LogP contribution in [0, 0.1) is 11.3 Å². The van der Waals surface area contributed by atoms with Gasteiger partial charge in [-0.25, -0.2) is 0 Å². The van der Waals surface area contributed by atoms with Gasteiger partial charge in [-0.15, -0.1) is 0 Å². The summed E-state index contributed by atoms with van der Waals surface area (Å²) in [4.78, 5) is 15.2. The third-order valence-corrected chi connectivity index (χ3v) is 5.72. The second-order valence-corrected chi connectivity index (χ2v) is 6.67. The Labute approximate surface area is 120 Å². The maximum Gasteiger partial charge on any atom is 0.236 e. The van der Waals surface area contributed by atoms with Gasteiger partial charge in [-0.05, 0) is 44.4 Å². The van der Waals surface area contributed by atoms with Crippen molar-refractivity contribution in [1.82, 2.24) is 4.90 Å². The molecule has 3 fully saturated rings. The smallest absolute Gasteiger partial charge is 0.236 e. The molecule has 3 N–H and O–H groups in total. The van der Waals surface area contributed by atoms with Crippen LogP contribution < -0.4 is 5.73 Å². The highest BCUT2D eigenvalue weighted by molar-refractivity contribution is 6.07. The molecular formula is C15H25N3O2. The van der Waals surface area contributed by atoms with Crippen LogP contribution in [0.1, 0.15) is 57.8 Å². The first kappa shape index (κ1) is 13.7. The lowest BCUT2D eigenvalue weighted by atomic mass is 9.81. The van der Waals surface area contributed by atoms with Crippen molar-refractivity contribution < 1.29 is 10.0 Å². The van der Waals surface area contributed by atoms with Gasteiger partial charge in [0.2, 0.25) is 5.91 Å². The van der Waals surface area contributed by atoms with Crippen LogP contribution in [0.2, 0.25) is 0 Å². The molecular weight excluding hydrogens is 254 g/mol. The van der Waals surface area contributed by atoms with Crippen LogP contribution in [-0.2, 0) is 4.79 Å². The van der Waals surface area contributed by atoms with E-state index in [1.54, 1.807) is 0 Å². The van der Waals surface area contributed by atoms with Crippen molar-refractivity contribution >= 4 is 11.7 Å². The van der Waals surface area contributed by atoms with Crippen LogP contribution >= 0.6 is 0 Å². The van der Waals surface area contributed by atoms with Crippen molar-refractivity contribution in [3.05, 3.63) is 0 Å². The first-order valence-electron chi connectivity index (χ1n) is 7.98. The number of likely N-dealkylation sites (tertiary alicyclic amines) is 1. The van der Waals surface area contributed by atoms with Crippen LogP contribution in [0.15, 0.2) is 5.16 Å². The summed E-state index contributed by atoms with van der Waals surface area (Å²) in [6, 6.07) is 0.403. The summed E-state index contributed by atoms with van der Waals surface area (Å²) in [6.45, 7) is 0.848. The summed E-state index contributed by atoms with van der Waals surface area (Å²) in [6.07, 6.45) is 9.41. The number of carbonyl (C=O) groups is 1. The number of piperidine rings is 1. The van der Waals surface area contributed by atoms with Crippen molar-refractivity contribution in [1.29, 1.82) is 0 Å². The number of oxime groups is 1. The van der Waals surface area contributed by atoms with E-state index in [0.29, 0.717) is 12.0 Å². The molecule has 0 aromatic carbocycles. The van der Waals surface area contributed by atoms with Crippen molar-refractivity contribution in [2.24, 2.45) is 22.2 Å². The maximum absolute atomic E-state index is 13.1. The van der Waals surface area contributed by atoms with Gasteiger partial charge in [-0.3, -0.25) is 4.79 Å². The summed E-state index contributed by atoms with van der Waals surface area (Å²) >= 11 is 0. The number of hydrogen-bond acceptors (Lipinski definition) is 3. The topological polar surface area (TPSA) is 78.9 Å². The maximum atomic E-state index is 13.1. The highest BCUT2D eigenvalue weighted by atomic mass is 16.4. The number of rotatable bonds is 2. The molecule has 20 heavy (non-hydrogen) atoms. The molecule has 5 nitrogen and oxygen atoms in total. The van der Waals surface area contributed by atoms with Gasteiger partial charge in [0.05, 0.1) is 0 Å². The SMILES string of the molecule is NC(=NO)C1(C(=O)N2CCCC3CCCC32)CCCC1. The average Bonchev–Trinajstić information content (AvgIpc) is 3.14. The number of nitrogens with zero attached hydrogens (tertiary/aromatic N) is 2. The highest BCUT2D eigenvalue weighted by Gasteiger charge is 2.50. The fourth-order valence-corrected chi connectivity index (χ4v) is 4.63. The summed E-state index contributed by atoms with van der Waals surface area (Å²) in [5, 5.41) is 12.3. The van der Waals surface area contributed by atoms with Crippen molar-refractivity contribution in [3.63, 3.8) is 0 Å². The summed E-state index contributed by atoms with van der Waals surface area (Å²) < 4.78 is 0. The van der Waals surface area contributed by atoms with Gasteiger partial charge >= 0.3 is 0 Å². The molecule has 2 aliphatic carbocycles. The molecule has 0 radical (unpaired) electrons. The van der Waals surface area contributed by atoms with Gasteiger partial charge in [0, 0.05) is 12.6 Å². The predicted octanol–water partition coefficient (Wildman–Crippen LogP) is 2.08. The van der Waals surface area contributed by atoms with Crippen LogP contribution in [0.3, 0.4) is 0 Å². The summed E-state index contributed by atoms with van der Waals surface area (Å²) in [5.41, 5.74) is 5.19. The van der Waals surface area contributed by atoms with Crippen molar-refractivity contribution in [3.8, 4) is 0 Å². The Morgan fingerprint density at radius 1 is 1.15 bits per heavy atom. The van der Waals surface area contributed by atoms with Crippen molar-refractivity contribution in [2.45, 2.75) is 63.8 Å². The Morgan fingerprint density at radius 2 is 1.85 bits per heavy atom. The first-order valence-corrected chi connectivity index (χ1v) is 7.98. The van der Waals surface area contributed by atoms with E-state index in [2.05, 4.69) is 10.1 Å². The normalized spacial score (nSPS) is 33.2. The molecule has 2 atom stereocenters. The molecule has 2 unspecified atom stereocenters. The minimum Gasteiger partial charge on any atom is -0.409 e. The third kappa shape index (κ3) is 1.98. The van der Waals surface area contributed by atoms with E-state index in [4.69, 9.17) is 10.9 Å². The Bertz CT molecular complexity index is 415. The molecule has 3 aliphatic rings. The minimum absolute atomic E-state index is 0.125.